The molecule has 22 heavy (non-hydrogen) atoms. The summed E-state index contributed by atoms with van der Waals surface area (Å²) >= 11 is 1.61. The van der Waals surface area contributed by atoms with Crippen LogP contribution in [0.3, 0.4) is 0 Å². The van der Waals surface area contributed by atoms with Crippen LogP contribution in [0.4, 0.5) is 4.79 Å². The van der Waals surface area contributed by atoms with Crippen molar-refractivity contribution >= 4 is 17.4 Å². The molecule has 3 heterocycles. The molecule has 0 aromatic carbocycles. The second-order valence-electron chi connectivity index (χ2n) is 5.86. The summed E-state index contributed by atoms with van der Waals surface area (Å²) in [6.07, 6.45) is 5.94. The maximum atomic E-state index is 12.2. The number of thiazole rings is 1. The zero-order valence-electron chi connectivity index (χ0n) is 13.0. The Morgan fingerprint density at radius 1 is 1.45 bits per heavy atom. The lowest BCUT2D eigenvalue weighted by atomic mass is 9.97. The Labute approximate surface area is 134 Å². The van der Waals surface area contributed by atoms with Crippen molar-refractivity contribution in [2.45, 2.75) is 25.3 Å². The molecule has 7 heteroatoms. The Bertz CT molecular complexity index is 622. The highest BCUT2D eigenvalue weighted by Gasteiger charge is 2.28. The van der Waals surface area contributed by atoms with E-state index in [1.54, 1.807) is 30.3 Å². The summed E-state index contributed by atoms with van der Waals surface area (Å²) in [4.78, 5) is 24.6. The molecule has 1 saturated heterocycles. The fraction of sp³-hybridized carbons (Fsp3) is 0.533. The second kappa shape index (κ2) is 6.48. The molecule has 0 saturated carbocycles. The van der Waals surface area contributed by atoms with Gasteiger partial charge < -0.3 is 14.4 Å². The van der Waals surface area contributed by atoms with Crippen molar-refractivity contribution in [2.75, 3.05) is 27.2 Å². The molecule has 0 bridgehead atoms. The van der Waals surface area contributed by atoms with E-state index in [1.807, 2.05) is 22.8 Å². The number of carbonyl (C=O) groups excluding carboxylic acids is 1. The van der Waals surface area contributed by atoms with Gasteiger partial charge in [-0.2, -0.15) is 0 Å². The van der Waals surface area contributed by atoms with Crippen LogP contribution in [0.25, 0.3) is 0 Å². The number of piperidine rings is 1. The zero-order valence-corrected chi connectivity index (χ0v) is 13.8. The van der Waals surface area contributed by atoms with E-state index in [2.05, 4.69) is 19.9 Å². The van der Waals surface area contributed by atoms with Crippen LogP contribution in [0.2, 0.25) is 0 Å². The molecule has 3 rings (SSSR count). The van der Waals surface area contributed by atoms with Gasteiger partial charge in [0, 0.05) is 50.9 Å². The number of hydrogen-bond acceptors (Lipinski definition) is 4. The van der Waals surface area contributed by atoms with Crippen LogP contribution in [-0.4, -0.2) is 57.6 Å². The molecule has 118 valence electrons. The molecule has 2 amide bonds. The molecule has 1 unspecified atom stereocenters. The van der Waals surface area contributed by atoms with Crippen molar-refractivity contribution in [1.29, 1.82) is 0 Å². The molecule has 2 aromatic rings. The van der Waals surface area contributed by atoms with E-state index in [9.17, 15) is 4.79 Å². The largest absolute Gasteiger partial charge is 0.331 e. The Morgan fingerprint density at radius 2 is 2.32 bits per heavy atom. The third-order valence-electron chi connectivity index (χ3n) is 4.00. The van der Waals surface area contributed by atoms with Crippen LogP contribution in [-0.2, 0) is 6.54 Å². The lowest BCUT2D eigenvalue weighted by molar-refractivity contribution is 0.153. The summed E-state index contributed by atoms with van der Waals surface area (Å²) < 4.78 is 2.16. The van der Waals surface area contributed by atoms with Gasteiger partial charge in [0.05, 0.1) is 17.7 Å². The van der Waals surface area contributed by atoms with Gasteiger partial charge in [-0.25, -0.2) is 14.8 Å². The van der Waals surface area contributed by atoms with Crippen molar-refractivity contribution in [2.24, 2.45) is 0 Å². The fourth-order valence-corrected chi connectivity index (χ4v) is 3.50. The Morgan fingerprint density at radius 3 is 3.05 bits per heavy atom. The van der Waals surface area contributed by atoms with Crippen LogP contribution < -0.4 is 0 Å². The van der Waals surface area contributed by atoms with Gasteiger partial charge >= 0.3 is 6.03 Å². The van der Waals surface area contributed by atoms with Gasteiger partial charge in [-0.05, 0) is 12.8 Å². The van der Waals surface area contributed by atoms with Crippen LogP contribution in [0.5, 0.6) is 0 Å². The number of likely N-dealkylation sites (tertiary alicyclic amines) is 1. The summed E-state index contributed by atoms with van der Waals surface area (Å²) in [5.74, 6) is 1.36. The van der Waals surface area contributed by atoms with Gasteiger partial charge in [-0.15, -0.1) is 11.3 Å². The molecular weight excluding hydrogens is 298 g/mol. The third kappa shape index (κ3) is 3.14. The number of hydrogen-bond donors (Lipinski definition) is 0. The topological polar surface area (TPSA) is 54.3 Å². The minimum absolute atomic E-state index is 0.0855. The van der Waals surface area contributed by atoms with E-state index in [4.69, 9.17) is 0 Å². The molecular formula is C15H21N5OS. The smallest absolute Gasteiger partial charge is 0.319 e. The van der Waals surface area contributed by atoms with Gasteiger partial charge in [0.15, 0.2) is 0 Å². The monoisotopic (exact) mass is 319 g/mol. The number of urea groups is 1. The van der Waals surface area contributed by atoms with Crippen LogP contribution in [0.15, 0.2) is 23.3 Å². The van der Waals surface area contributed by atoms with Crippen molar-refractivity contribution in [3.8, 4) is 0 Å². The first-order chi connectivity index (χ1) is 10.6. The van der Waals surface area contributed by atoms with Crippen LogP contribution in [0, 0.1) is 0 Å². The summed E-state index contributed by atoms with van der Waals surface area (Å²) in [6.45, 7) is 2.32. The summed E-state index contributed by atoms with van der Waals surface area (Å²) in [7, 11) is 3.60. The lowest BCUT2D eigenvalue weighted by Gasteiger charge is -2.34. The average molecular weight is 319 g/mol. The van der Waals surface area contributed by atoms with Crippen LogP contribution in [0.1, 0.15) is 30.3 Å². The van der Waals surface area contributed by atoms with E-state index in [-0.39, 0.29) is 6.03 Å². The molecule has 0 N–H and O–H groups in total. The number of aromatic nitrogens is 3. The SMILES string of the molecule is CN(C)C(=O)N1CCCC(c2nccn2Cc2cscn2)C1. The molecule has 6 nitrogen and oxygen atoms in total. The number of imidazole rings is 1. The highest BCUT2D eigenvalue weighted by atomic mass is 32.1. The maximum Gasteiger partial charge on any atom is 0.319 e. The van der Waals surface area contributed by atoms with Crippen molar-refractivity contribution in [3.63, 3.8) is 0 Å². The summed E-state index contributed by atoms with van der Waals surface area (Å²) in [6, 6.07) is 0.0855. The molecule has 1 aliphatic heterocycles. The van der Waals surface area contributed by atoms with Gasteiger partial charge in [-0.1, -0.05) is 0 Å². The van der Waals surface area contributed by atoms with Crippen molar-refractivity contribution < 1.29 is 4.79 Å². The number of rotatable bonds is 3. The minimum atomic E-state index is 0.0855. The van der Waals surface area contributed by atoms with E-state index in [1.165, 1.54) is 0 Å². The first-order valence-electron chi connectivity index (χ1n) is 7.49. The van der Waals surface area contributed by atoms with E-state index < -0.39 is 0 Å². The molecule has 0 radical (unpaired) electrons. The molecule has 2 aromatic heterocycles. The normalized spacial score (nSPS) is 18.5. The van der Waals surface area contributed by atoms with E-state index in [0.717, 1.165) is 44.0 Å². The number of carbonyl (C=O) groups is 1. The zero-order chi connectivity index (χ0) is 15.5. The molecule has 0 spiro atoms. The predicted octanol–water partition coefficient (Wildman–Crippen LogP) is 2.25. The first-order valence-corrected chi connectivity index (χ1v) is 8.43. The standard InChI is InChI=1S/C15H21N5OS/c1-18(2)15(21)20-6-3-4-12(8-20)14-16-5-7-19(14)9-13-10-22-11-17-13/h5,7,10-12H,3-4,6,8-9H2,1-2H3. The van der Waals surface area contributed by atoms with E-state index >= 15 is 0 Å². The van der Waals surface area contributed by atoms with Crippen molar-refractivity contribution in [3.05, 3.63) is 34.8 Å². The first kappa shape index (κ1) is 15.0. The molecule has 1 atom stereocenters. The highest BCUT2D eigenvalue weighted by molar-refractivity contribution is 7.07. The fourth-order valence-electron chi connectivity index (χ4n) is 2.95. The lowest BCUT2D eigenvalue weighted by Crippen LogP contribution is -2.44. The highest BCUT2D eigenvalue weighted by Crippen LogP contribution is 2.26. The van der Waals surface area contributed by atoms with Gasteiger partial charge in [0.1, 0.15) is 5.82 Å². The second-order valence-corrected chi connectivity index (χ2v) is 6.57. The number of amides is 2. The van der Waals surface area contributed by atoms with Crippen molar-refractivity contribution in [1.82, 2.24) is 24.3 Å². The van der Waals surface area contributed by atoms with Gasteiger partial charge in [0.25, 0.3) is 0 Å². The summed E-state index contributed by atoms with van der Waals surface area (Å²) in [5.41, 5.74) is 2.91. The molecule has 1 fully saturated rings. The predicted molar refractivity (Wildman–Crippen MR) is 86.1 cm³/mol. The average Bonchev–Trinajstić information content (AvgIpc) is 3.18. The molecule has 0 aliphatic carbocycles. The van der Waals surface area contributed by atoms with Crippen LogP contribution >= 0.6 is 11.3 Å². The van der Waals surface area contributed by atoms with Gasteiger partial charge in [-0.3, -0.25) is 0 Å². The van der Waals surface area contributed by atoms with E-state index in [0.29, 0.717) is 5.92 Å². The Kier molecular flexibility index (Phi) is 4.42. The van der Waals surface area contributed by atoms with Gasteiger partial charge in [0.2, 0.25) is 0 Å². The third-order valence-corrected chi connectivity index (χ3v) is 4.64. The number of nitrogens with zero attached hydrogens (tertiary/aromatic N) is 5. The minimum Gasteiger partial charge on any atom is -0.331 e. The Hall–Kier alpha value is -1.89. The maximum absolute atomic E-state index is 12.2. The Balaban J connectivity index is 1.74. The quantitative estimate of drug-likeness (QED) is 0.872. The molecule has 1 aliphatic rings. The summed E-state index contributed by atoms with van der Waals surface area (Å²) in [5, 5.41) is 2.06.